The first-order chi connectivity index (χ1) is 16.3. The maximum Gasteiger partial charge on any atom is 0.276 e. The van der Waals surface area contributed by atoms with Gasteiger partial charge < -0.3 is 15.6 Å². The molecule has 4 fully saturated rings. The largest absolute Gasteiger partial charge is 0.365 e. The molecule has 3 N–H and O–H groups in total. The second-order valence-corrected chi connectivity index (χ2v) is 10.2. The zero-order valence-electron chi connectivity index (χ0n) is 18.5. The third-order valence-corrected chi connectivity index (χ3v) is 8.19. The summed E-state index contributed by atoms with van der Waals surface area (Å²) in [7, 11) is 0. The number of carbonyl (C=O) groups excluding carboxylic acids is 1. The second kappa shape index (κ2) is 7.78. The van der Waals surface area contributed by atoms with Crippen LogP contribution >= 0.6 is 11.6 Å². The summed E-state index contributed by atoms with van der Waals surface area (Å²) in [6.45, 7) is 4.03. The Hall–Kier alpha value is -2.98. The van der Waals surface area contributed by atoms with Crippen molar-refractivity contribution in [1.82, 2.24) is 24.5 Å². The average molecular weight is 486 g/mol. The molecule has 2 bridgehead atoms. The highest BCUT2D eigenvalue weighted by molar-refractivity contribution is 6.33. The molecule has 1 saturated heterocycles. The van der Waals surface area contributed by atoms with Gasteiger partial charge in [0, 0.05) is 44.3 Å². The number of rotatable bonds is 5. The van der Waals surface area contributed by atoms with Crippen LogP contribution in [0.1, 0.15) is 35.6 Å². The number of aromatic amines is 1. The molecule has 0 radical (unpaired) electrons. The van der Waals surface area contributed by atoms with Crippen LogP contribution in [0.5, 0.6) is 0 Å². The number of halogens is 2. The molecule has 1 amide bonds. The molecule has 34 heavy (non-hydrogen) atoms. The van der Waals surface area contributed by atoms with Gasteiger partial charge in [-0.25, -0.2) is 9.50 Å². The molecule has 3 aromatic heterocycles. The predicted molar refractivity (Wildman–Crippen MR) is 125 cm³/mol. The molecule has 3 aromatic rings. The van der Waals surface area contributed by atoms with Crippen molar-refractivity contribution in [2.75, 3.05) is 37.6 Å². The fraction of sp³-hybridized carbons (Fsp3) is 0.478. The number of nitrogens with one attached hydrogen (secondary N) is 1. The second-order valence-electron chi connectivity index (χ2n) is 9.83. The standard InChI is InChI=1S/C23H25ClFN7O2/c24-15-3-4-32-18(15)21(34)28-22(29-32)23-9-13(10-23)14(11-23)12-30-5-7-31(8-6-30)17-2-1-16(20(26)33)27-19(17)25/h1-4,13-14H,5-12H2,(H2,26,33)(H,28,29,34)/t13?,14-,23?/m1/s1. The maximum absolute atomic E-state index is 14.4. The van der Waals surface area contributed by atoms with Crippen molar-refractivity contribution in [2.45, 2.75) is 24.7 Å². The number of H-pyrrole nitrogens is 1. The number of aromatic nitrogens is 4. The number of piperazine rings is 1. The van der Waals surface area contributed by atoms with Crippen molar-refractivity contribution in [3.8, 4) is 0 Å². The van der Waals surface area contributed by atoms with Crippen molar-refractivity contribution in [3.05, 3.63) is 57.2 Å². The lowest BCUT2D eigenvalue weighted by Crippen LogP contribution is -2.48. The molecule has 0 aromatic carbocycles. The molecule has 4 heterocycles. The number of amides is 1. The van der Waals surface area contributed by atoms with Crippen molar-refractivity contribution in [2.24, 2.45) is 17.6 Å². The lowest BCUT2D eigenvalue weighted by Gasteiger charge is -2.39. The Morgan fingerprint density at radius 3 is 2.68 bits per heavy atom. The van der Waals surface area contributed by atoms with Gasteiger partial charge >= 0.3 is 0 Å². The summed E-state index contributed by atoms with van der Waals surface area (Å²) in [5.74, 6) is 0.553. The van der Waals surface area contributed by atoms with E-state index in [2.05, 4.69) is 20.0 Å². The summed E-state index contributed by atoms with van der Waals surface area (Å²) >= 11 is 6.11. The van der Waals surface area contributed by atoms with Gasteiger partial charge in [0.05, 0.1) is 10.7 Å². The number of hydrogen-bond acceptors (Lipinski definition) is 6. The van der Waals surface area contributed by atoms with Gasteiger partial charge in [-0.2, -0.15) is 9.49 Å². The molecular formula is C23H25ClFN7O2. The van der Waals surface area contributed by atoms with Gasteiger partial charge in [-0.3, -0.25) is 14.5 Å². The van der Waals surface area contributed by atoms with Gasteiger partial charge in [0.15, 0.2) is 0 Å². The highest BCUT2D eigenvalue weighted by Gasteiger charge is 2.58. The topological polar surface area (TPSA) is 113 Å². The monoisotopic (exact) mass is 485 g/mol. The first-order valence-corrected chi connectivity index (χ1v) is 11.9. The van der Waals surface area contributed by atoms with E-state index in [4.69, 9.17) is 17.3 Å². The Morgan fingerprint density at radius 2 is 1.97 bits per heavy atom. The van der Waals surface area contributed by atoms with Gasteiger partial charge in [0.2, 0.25) is 5.95 Å². The van der Waals surface area contributed by atoms with Crippen LogP contribution < -0.4 is 16.2 Å². The Balaban J connectivity index is 1.09. The Bertz CT molecular complexity index is 1340. The minimum absolute atomic E-state index is 0.0573. The zero-order chi connectivity index (χ0) is 23.6. The number of carbonyl (C=O) groups is 1. The molecule has 9 nitrogen and oxygen atoms in total. The molecule has 1 aliphatic heterocycles. The van der Waals surface area contributed by atoms with Gasteiger partial charge in [-0.15, -0.1) is 0 Å². The maximum atomic E-state index is 14.4. The van der Waals surface area contributed by atoms with Crippen molar-refractivity contribution in [1.29, 1.82) is 0 Å². The van der Waals surface area contributed by atoms with Gasteiger partial charge in [0.1, 0.15) is 17.0 Å². The molecule has 0 unspecified atom stereocenters. The third kappa shape index (κ3) is 3.39. The minimum atomic E-state index is -0.737. The summed E-state index contributed by atoms with van der Waals surface area (Å²) in [6.07, 6.45) is 4.83. The smallest absolute Gasteiger partial charge is 0.276 e. The van der Waals surface area contributed by atoms with Crippen LogP contribution in [0.15, 0.2) is 29.2 Å². The van der Waals surface area contributed by atoms with Crippen LogP contribution in [0.25, 0.3) is 5.52 Å². The molecule has 3 aliphatic carbocycles. The highest BCUT2D eigenvalue weighted by Crippen LogP contribution is 2.61. The molecule has 1 atom stereocenters. The van der Waals surface area contributed by atoms with E-state index < -0.39 is 11.9 Å². The number of primary amides is 1. The Kier molecular flexibility index (Phi) is 4.93. The number of nitrogens with two attached hydrogens (primary N) is 1. The lowest BCUT2D eigenvalue weighted by atomic mass is 9.69. The molecule has 11 heteroatoms. The first kappa shape index (κ1) is 21.5. The predicted octanol–water partition coefficient (Wildman–Crippen LogP) is 1.80. The van der Waals surface area contributed by atoms with Crippen LogP contribution in [0, 0.1) is 17.8 Å². The van der Waals surface area contributed by atoms with E-state index in [0.717, 1.165) is 44.7 Å². The average Bonchev–Trinajstić information content (AvgIpc) is 3.45. The van der Waals surface area contributed by atoms with Crippen LogP contribution in [0.3, 0.4) is 0 Å². The van der Waals surface area contributed by atoms with Crippen molar-refractivity contribution >= 4 is 28.7 Å². The van der Waals surface area contributed by atoms with Crippen LogP contribution in [0.2, 0.25) is 5.02 Å². The molecule has 178 valence electrons. The number of fused-ring (bicyclic) bond motifs is 2. The molecule has 4 aliphatic rings. The minimum Gasteiger partial charge on any atom is -0.365 e. The zero-order valence-corrected chi connectivity index (χ0v) is 19.3. The normalized spacial score (nSPS) is 26.7. The number of pyridine rings is 1. The Morgan fingerprint density at radius 1 is 1.21 bits per heavy atom. The highest BCUT2D eigenvalue weighted by atomic mass is 35.5. The van der Waals surface area contributed by atoms with Gasteiger partial charge in [0.25, 0.3) is 11.5 Å². The number of anilines is 1. The Labute approximate surface area is 199 Å². The fourth-order valence-corrected chi connectivity index (χ4v) is 6.38. The summed E-state index contributed by atoms with van der Waals surface area (Å²) in [6, 6.07) is 4.74. The van der Waals surface area contributed by atoms with E-state index in [9.17, 15) is 14.0 Å². The van der Waals surface area contributed by atoms with Crippen molar-refractivity contribution in [3.63, 3.8) is 0 Å². The van der Waals surface area contributed by atoms with E-state index in [1.54, 1.807) is 22.8 Å². The van der Waals surface area contributed by atoms with E-state index >= 15 is 0 Å². The summed E-state index contributed by atoms with van der Waals surface area (Å²) in [4.78, 5) is 34.9. The summed E-state index contributed by atoms with van der Waals surface area (Å²) < 4.78 is 16.0. The lowest BCUT2D eigenvalue weighted by molar-refractivity contribution is 0.0994. The molecule has 3 saturated carbocycles. The fourth-order valence-electron chi connectivity index (χ4n) is 6.15. The molecule has 7 rings (SSSR count). The number of hydrogen-bond donors (Lipinski definition) is 2. The molecule has 0 spiro atoms. The van der Waals surface area contributed by atoms with Gasteiger partial charge in [-0.05, 0) is 49.3 Å². The van der Waals surface area contributed by atoms with E-state index in [1.807, 2.05) is 4.90 Å². The number of nitrogens with zero attached hydrogens (tertiary/aromatic N) is 5. The summed E-state index contributed by atoms with van der Waals surface area (Å²) in [5.41, 5.74) is 5.66. The quantitative estimate of drug-likeness (QED) is 0.533. The van der Waals surface area contributed by atoms with E-state index in [1.165, 1.54) is 6.07 Å². The SMILES string of the molecule is NC(=O)c1ccc(N2CCN(C[C@H]3CC4(c5nn6ccc(Cl)c6c(=O)[nH]5)CC3C4)CC2)c(F)n1. The van der Waals surface area contributed by atoms with Crippen molar-refractivity contribution < 1.29 is 9.18 Å². The van der Waals surface area contributed by atoms with Gasteiger partial charge in [-0.1, -0.05) is 11.6 Å². The first-order valence-electron chi connectivity index (χ1n) is 11.5. The van der Waals surface area contributed by atoms with Crippen LogP contribution in [0.4, 0.5) is 10.1 Å². The van der Waals surface area contributed by atoms with Crippen LogP contribution in [-0.4, -0.2) is 63.1 Å². The summed E-state index contributed by atoms with van der Waals surface area (Å²) in [5, 5.41) is 5.09. The molecular weight excluding hydrogens is 461 g/mol. The van der Waals surface area contributed by atoms with E-state index in [-0.39, 0.29) is 16.7 Å². The van der Waals surface area contributed by atoms with E-state index in [0.29, 0.717) is 41.2 Å². The third-order valence-electron chi connectivity index (χ3n) is 7.89. The van der Waals surface area contributed by atoms with Crippen LogP contribution in [-0.2, 0) is 5.41 Å².